The van der Waals surface area contributed by atoms with E-state index >= 15 is 0 Å². The average Bonchev–Trinajstić information content (AvgIpc) is 3.14. The molecule has 0 spiro atoms. The maximum absolute atomic E-state index is 11.8. The Labute approximate surface area is 148 Å². The van der Waals surface area contributed by atoms with Gasteiger partial charge in [0.1, 0.15) is 11.5 Å². The third kappa shape index (κ3) is 3.56. The fourth-order valence-electron chi connectivity index (χ4n) is 2.65. The first-order valence-corrected chi connectivity index (χ1v) is 8.87. The predicted molar refractivity (Wildman–Crippen MR) is 103 cm³/mol. The van der Waals surface area contributed by atoms with Crippen LogP contribution in [0.1, 0.15) is 5.56 Å². The van der Waals surface area contributed by atoms with Crippen molar-refractivity contribution < 1.29 is 4.74 Å². The Bertz CT molecular complexity index is 1050. The second kappa shape index (κ2) is 6.83. The molecule has 124 valence electrons. The van der Waals surface area contributed by atoms with Crippen LogP contribution in [0, 0.1) is 0 Å². The minimum absolute atomic E-state index is 0.180. The number of H-pyrrole nitrogens is 1. The standard InChI is InChI=1S/C20H16N2O2S/c23-20-11-19(17-6-1-2-7-18(17)22-20)24-16-5-3-4-15(10-16)21-12-14-8-9-25-13-14/h1-11,13,21H,12H2,(H,22,23). The minimum Gasteiger partial charge on any atom is -0.456 e. The Balaban J connectivity index is 1.59. The lowest BCUT2D eigenvalue weighted by molar-refractivity contribution is 0.487. The van der Waals surface area contributed by atoms with Gasteiger partial charge < -0.3 is 15.0 Å². The molecule has 0 saturated heterocycles. The normalized spacial score (nSPS) is 10.7. The highest BCUT2D eigenvalue weighted by molar-refractivity contribution is 7.07. The van der Waals surface area contributed by atoms with Gasteiger partial charge >= 0.3 is 0 Å². The molecule has 0 atom stereocenters. The summed E-state index contributed by atoms with van der Waals surface area (Å²) in [7, 11) is 0. The zero-order chi connectivity index (χ0) is 17.1. The van der Waals surface area contributed by atoms with Crippen LogP contribution in [-0.4, -0.2) is 4.98 Å². The van der Waals surface area contributed by atoms with Gasteiger partial charge in [0, 0.05) is 29.8 Å². The quantitative estimate of drug-likeness (QED) is 0.534. The van der Waals surface area contributed by atoms with Crippen LogP contribution in [0.3, 0.4) is 0 Å². The van der Waals surface area contributed by atoms with E-state index in [1.54, 1.807) is 11.3 Å². The van der Waals surface area contributed by atoms with Crippen molar-refractivity contribution in [2.45, 2.75) is 6.54 Å². The first-order valence-electron chi connectivity index (χ1n) is 7.93. The number of benzene rings is 2. The molecule has 2 aromatic carbocycles. The van der Waals surface area contributed by atoms with Gasteiger partial charge in [-0.2, -0.15) is 11.3 Å². The summed E-state index contributed by atoms with van der Waals surface area (Å²) in [5.74, 6) is 1.24. The molecule has 4 aromatic rings. The lowest BCUT2D eigenvalue weighted by atomic mass is 10.2. The average molecular weight is 348 g/mol. The molecule has 0 amide bonds. The Morgan fingerprint density at radius 3 is 2.84 bits per heavy atom. The lowest BCUT2D eigenvalue weighted by Gasteiger charge is -2.11. The molecule has 4 nitrogen and oxygen atoms in total. The highest BCUT2D eigenvalue weighted by atomic mass is 32.1. The molecular formula is C20H16N2O2S. The molecule has 0 radical (unpaired) electrons. The maximum Gasteiger partial charge on any atom is 0.252 e. The summed E-state index contributed by atoms with van der Waals surface area (Å²) in [6.07, 6.45) is 0. The van der Waals surface area contributed by atoms with Crippen LogP contribution in [0.2, 0.25) is 0 Å². The summed E-state index contributed by atoms with van der Waals surface area (Å²) in [5, 5.41) is 8.44. The molecule has 0 fully saturated rings. The molecule has 0 bridgehead atoms. The van der Waals surface area contributed by atoms with Crippen molar-refractivity contribution in [3.8, 4) is 11.5 Å². The van der Waals surface area contributed by atoms with Gasteiger partial charge in [0.05, 0.1) is 5.52 Å². The number of pyridine rings is 1. The van der Waals surface area contributed by atoms with Crippen molar-refractivity contribution in [1.29, 1.82) is 0 Å². The number of nitrogens with one attached hydrogen (secondary N) is 2. The van der Waals surface area contributed by atoms with Crippen LogP contribution in [0.4, 0.5) is 5.69 Å². The van der Waals surface area contributed by atoms with Crippen molar-refractivity contribution in [3.63, 3.8) is 0 Å². The second-order valence-electron chi connectivity index (χ2n) is 5.66. The van der Waals surface area contributed by atoms with Crippen LogP contribution >= 0.6 is 11.3 Å². The summed E-state index contributed by atoms with van der Waals surface area (Å²) in [5.41, 5.74) is 2.80. The van der Waals surface area contributed by atoms with Gasteiger partial charge in [-0.05, 0) is 46.7 Å². The first kappa shape index (κ1) is 15.5. The minimum atomic E-state index is -0.180. The number of hydrogen-bond acceptors (Lipinski definition) is 4. The van der Waals surface area contributed by atoms with Crippen LogP contribution in [0.15, 0.2) is 76.2 Å². The van der Waals surface area contributed by atoms with E-state index < -0.39 is 0 Å². The molecule has 0 unspecified atom stereocenters. The number of rotatable bonds is 5. The van der Waals surface area contributed by atoms with Gasteiger partial charge in [0.25, 0.3) is 5.56 Å². The van der Waals surface area contributed by atoms with Crippen LogP contribution in [-0.2, 0) is 6.54 Å². The molecule has 2 aromatic heterocycles. The molecule has 5 heteroatoms. The van der Waals surface area contributed by atoms with Crippen molar-refractivity contribution in [1.82, 2.24) is 4.98 Å². The van der Waals surface area contributed by atoms with E-state index in [1.807, 2.05) is 48.5 Å². The molecule has 0 aliphatic heterocycles. The van der Waals surface area contributed by atoms with Gasteiger partial charge in [-0.15, -0.1) is 0 Å². The Hall–Kier alpha value is -3.05. The number of fused-ring (bicyclic) bond motifs is 1. The van der Waals surface area contributed by atoms with Gasteiger partial charge in [0.2, 0.25) is 0 Å². The molecule has 25 heavy (non-hydrogen) atoms. The topological polar surface area (TPSA) is 54.1 Å². The molecular weight excluding hydrogens is 332 g/mol. The van der Waals surface area contributed by atoms with Gasteiger partial charge in [-0.1, -0.05) is 18.2 Å². The van der Waals surface area contributed by atoms with Gasteiger partial charge in [-0.25, -0.2) is 0 Å². The van der Waals surface area contributed by atoms with E-state index in [1.165, 1.54) is 11.6 Å². The molecule has 2 heterocycles. The van der Waals surface area contributed by atoms with E-state index in [2.05, 4.69) is 27.1 Å². The Morgan fingerprint density at radius 2 is 1.96 bits per heavy atom. The number of hydrogen-bond donors (Lipinski definition) is 2. The number of aromatic amines is 1. The molecule has 4 rings (SSSR count). The number of ether oxygens (including phenoxy) is 1. The highest BCUT2D eigenvalue weighted by Crippen LogP contribution is 2.29. The number of thiophene rings is 1. The monoisotopic (exact) mass is 348 g/mol. The molecule has 0 aliphatic carbocycles. The Morgan fingerprint density at radius 1 is 1.04 bits per heavy atom. The lowest BCUT2D eigenvalue weighted by Crippen LogP contribution is -2.04. The smallest absolute Gasteiger partial charge is 0.252 e. The summed E-state index contributed by atoms with van der Waals surface area (Å²) < 4.78 is 5.99. The fraction of sp³-hybridized carbons (Fsp3) is 0.0500. The summed E-state index contributed by atoms with van der Waals surface area (Å²) in [6.45, 7) is 0.765. The van der Waals surface area contributed by atoms with E-state index in [4.69, 9.17) is 4.74 Å². The van der Waals surface area contributed by atoms with Crippen molar-refractivity contribution in [2.75, 3.05) is 5.32 Å². The van der Waals surface area contributed by atoms with E-state index in [9.17, 15) is 4.79 Å². The third-order valence-electron chi connectivity index (χ3n) is 3.85. The molecule has 2 N–H and O–H groups in total. The van der Waals surface area contributed by atoms with Crippen molar-refractivity contribution in [2.24, 2.45) is 0 Å². The Kier molecular flexibility index (Phi) is 4.23. The molecule has 0 saturated carbocycles. The first-order chi connectivity index (χ1) is 12.3. The number of anilines is 1. The zero-order valence-electron chi connectivity index (χ0n) is 13.4. The fourth-order valence-corrected chi connectivity index (χ4v) is 3.32. The summed E-state index contributed by atoms with van der Waals surface area (Å²) in [6, 6.07) is 18.9. The maximum atomic E-state index is 11.8. The van der Waals surface area contributed by atoms with Crippen LogP contribution in [0.5, 0.6) is 11.5 Å². The third-order valence-corrected chi connectivity index (χ3v) is 4.58. The van der Waals surface area contributed by atoms with E-state index in [0.717, 1.165) is 23.1 Å². The van der Waals surface area contributed by atoms with Gasteiger partial charge in [0.15, 0.2) is 0 Å². The summed E-state index contributed by atoms with van der Waals surface area (Å²) in [4.78, 5) is 14.7. The molecule has 0 aliphatic rings. The van der Waals surface area contributed by atoms with Crippen molar-refractivity contribution >= 4 is 27.9 Å². The number of para-hydroxylation sites is 1. The second-order valence-corrected chi connectivity index (χ2v) is 6.44. The van der Waals surface area contributed by atoms with E-state index in [0.29, 0.717) is 11.5 Å². The highest BCUT2D eigenvalue weighted by Gasteiger charge is 2.06. The van der Waals surface area contributed by atoms with E-state index in [-0.39, 0.29) is 5.56 Å². The number of aromatic nitrogens is 1. The van der Waals surface area contributed by atoms with Crippen molar-refractivity contribution in [3.05, 3.63) is 87.3 Å². The summed E-state index contributed by atoms with van der Waals surface area (Å²) >= 11 is 1.68. The van der Waals surface area contributed by atoms with Crippen LogP contribution in [0.25, 0.3) is 10.9 Å². The SMILES string of the molecule is O=c1cc(Oc2cccc(NCc3ccsc3)c2)c2ccccc2[nH]1. The largest absolute Gasteiger partial charge is 0.456 e. The predicted octanol–water partition coefficient (Wildman–Crippen LogP) is 4.99. The van der Waals surface area contributed by atoms with Gasteiger partial charge in [-0.3, -0.25) is 4.79 Å². The zero-order valence-corrected chi connectivity index (χ0v) is 14.2. The van der Waals surface area contributed by atoms with Crippen LogP contribution < -0.4 is 15.6 Å².